The van der Waals surface area contributed by atoms with Gasteiger partial charge in [0, 0.05) is 18.2 Å². The van der Waals surface area contributed by atoms with Crippen LogP contribution in [0.15, 0.2) is 6.20 Å². The monoisotopic (exact) mass is 368 g/mol. The molecule has 11 nitrogen and oxygen atoms in total. The third kappa shape index (κ3) is 13.8. The van der Waals surface area contributed by atoms with Gasteiger partial charge in [0.25, 0.3) is 0 Å². The Hall–Kier alpha value is -1.88. The number of carbonyl (C=O) groups excluding carboxylic acids is 1. The summed E-state index contributed by atoms with van der Waals surface area (Å²) < 4.78 is 8.88. The molecule has 1 heterocycles. The molecule has 0 aliphatic rings. The molecule has 0 atom stereocenters. The quantitative estimate of drug-likeness (QED) is 0.254. The van der Waals surface area contributed by atoms with E-state index < -0.39 is 13.8 Å². The molecule has 0 saturated heterocycles. The number of nitrogens with zero attached hydrogens (tertiary/aromatic N) is 1. The van der Waals surface area contributed by atoms with Crippen LogP contribution in [0.2, 0.25) is 0 Å². The Morgan fingerprint density at radius 3 is 2.17 bits per heavy atom. The molecule has 8 N–H and O–H groups in total. The minimum Gasteiger partial charge on any atom is -0.505 e. The Bertz CT molecular complexity index is 566. The number of rotatable bonds is 5. The highest BCUT2D eigenvalue weighted by Gasteiger charge is 2.09. The molecular weight excluding hydrogens is 347 g/mol. The van der Waals surface area contributed by atoms with E-state index in [2.05, 4.69) is 4.98 Å². The number of aldehydes is 1. The number of hydrogen-bond acceptors (Lipinski definition) is 7. The van der Waals surface area contributed by atoms with E-state index in [0.717, 1.165) is 0 Å². The summed E-state index contributed by atoms with van der Waals surface area (Å²) in [5.41, 5.74) is 5.85. The molecule has 24 heavy (non-hydrogen) atoms. The van der Waals surface area contributed by atoms with E-state index in [-0.39, 0.29) is 24.3 Å². The molecule has 0 spiro atoms. The number of carboxylic acid groups (broad SMARTS) is 1. The van der Waals surface area contributed by atoms with Gasteiger partial charge in [-0.3, -0.25) is 14.6 Å². The van der Waals surface area contributed by atoms with Gasteiger partial charge in [-0.05, 0) is 19.9 Å². The average molecular weight is 368 g/mol. The van der Waals surface area contributed by atoms with E-state index in [4.69, 9.17) is 35.2 Å². The average Bonchev–Trinajstić information content (AvgIpc) is 2.46. The fourth-order valence-corrected chi connectivity index (χ4v) is 1.16. The third-order valence-electron chi connectivity index (χ3n) is 2.24. The fraction of sp³-hybridized carbons (Fsp3) is 0.417. The molecule has 0 aliphatic heterocycles. The largest absolute Gasteiger partial charge is 0.505 e. The number of aromatic hydroxyl groups is 1. The number of hydrogen-bond donors (Lipinski definition) is 7. The topological polar surface area (TPSA) is 211 Å². The molecule has 0 radical (unpaired) electrons. The van der Waals surface area contributed by atoms with Gasteiger partial charge in [0.05, 0.1) is 17.9 Å². The van der Waals surface area contributed by atoms with Gasteiger partial charge in [0.15, 0.2) is 6.29 Å². The zero-order chi connectivity index (χ0) is 19.3. The Morgan fingerprint density at radius 2 is 1.88 bits per heavy atom. The van der Waals surface area contributed by atoms with Crippen LogP contribution in [0.3, 0.4) is 0 Å². The molecule has 0 unspecified atom stereocenters. The highest BCUT2D eigenvalue weighted by Crippen LogP contribution is 2.25. The number of carbonyl (C=O) groups is 2. The molecule has 0 fully saturated rings. The molecule has 12 heteroatoms. The lowest BCUT2D eigenvalue weighted by atomic mass is 10.1. The number of pyridine rings is 1. The number of carboxylic acids is 1. The van der Waals surface area contributed by atoms with Crippen LogP contribution in [0.4, 0.5) is 0 Å². The van der Waals surface area contributed by atoms with Crippen molar-refractivity contribution in [3.05, 3.63) is 23.0 Å². The van der Waals surface area contributed by atoms with E-state index in [1.807, 2.05) is 0 Å². The fourth-order valence-electron chi connectivity index (χ4n) is 1.16. The molecule has 0 bridgehead atoms. The first-order valence-corrected chi connectivity index (χ1v) is 7.98. The second-order valence-corrected chi connectivity index (χ2v) is 5.23. The van der Waals surface area contributed by atoms with Crippen LogP contribution in [-0.4, -0.2) is 53.8 Å². The Balaban J connectivity index is 0. The van der Waals surface area contributed by atoms with Crippen molar-refractivity contribution in [2.75, 3.05) is 6.54 Å². The molecule has 1 rings (SSSR count). The number of phosphoric acid groups is 1. The van der Waals surface area contributed by atoms with Crippen molar-refractivity contribution in [3.63, 3.8) is 0 Å². The molecule has 0 saturated carbocycles. The van der Waals surface area contributed by atoms with Gasteiger partial charge in [0.1, 0.15) is 5.75 Å². The highest BCUT2D eigenvalue weighted by molar-refractivity contribution is 7.45. The van der Waals surface area contributed by atoms with Gasteiger partial charge >= 0.3 is 13.8 Å². The highest BCUT2D eigenvalue weighted by atomic mass is 31.2. The zero-order valence-electron chi connectivity index (χ0n) is 12.9. The van der Waals surface area contributed by atoms with Gasteiger partial charge in [0.2, 0.25) is 0 Å². The van der Waals surface area contributed by atoms with Crippen molar-refractivity contribution >= 4 is 20.1 Å². The van der Waals surface area contributed by atoms with Gasteiger partial charge < -0.3 is 35.7 Å². The van der Waals surface area contributed by atoms with Gasteiger partial charge in [-0.2, -0.15) is 0 Å². The van der Waals surface area contributed by atoms with Crippen molar-refractivity contribution in [3.8, 4) is 5.75 Å². The number of nitrogens with two attached hydrogens (primary N) is 1. The summed E-state index contributed by atoms with van der Waals surface area (Å²) >= 11 is 0. The van der Waals surface area contributed by atoms with E-state index in [1.54, 1.807) is 6.92 Å². The van der Waals surface area contributed by atoms with E-state index in [1.165, 1.54) is 6.20 Å². The number of aliphatic carboxylic acids is 1. The number of aryl methyl sites for hydroxylation is 1. The lowest BCUT2D eigenvalue weighted by Gasteiger charge is -2.04. The standard InChI is InChI=1S/C8H9NO3.C4H9NO2.H3O4P/c1-5-8(12)7(4-11)6(3-10)2-9-5;5-3-1-2-4(6)7;1-5(2,3)4/h2,4,10,12H,3H2,1H3;1-3,5H2,(H,6,7);(H3,1,2,3,4). The van der Waals surface area contributed by atoms with Crippen LogP contribution < -0.4 is 5.73 Å². The van der Waals surface area contributed by atoms with Crippen LogP contribution in [0, 0.1) is 6.92 Å². The summed E-state index contributed by atoms with van der Waals surface area (Å²) in [5, 5.41) is 26.0. The first-order valence-electron chi connectivity index (χ1n) is 6.41. The van der Waals surface area contributed by atoms with Crippen molar-refractivity contribution in [1.29, 1.82) is 0 Å². The Labute approximate surface area is 137 Å². The SMILES string of the molecule is Cc1ncc(CO)c(C=O)c1O.NCCCC(=O)O.O=P(O)(O)O. The summed E-state index contributed by atoms with van der Waals surface area (Å²) in [6, 6.07) is 0. The van der Waals surface area contributed by atoms with Gasteiger partial charge in [-0.1, -0.05) is 0 Å². The van der Waals surface area contributed by atoms with Crippen LogP contribution in [-0.2, 0) is 16.0 Å². The van der Waals surface area contributed by atoms with E-state index >= 15 is 0 Å². The van der Waals surface area contributed by atoms with E-state index in [9.17, 15) is 14.7 Å². The van der Waals surface area contributed by atoms with Crippen molar-refractivity contribution < 1.29 is 44.2 Å². The lowest BCUT2D eigenvalue weighted by molar-refractivity contribution is -0.137. The molecular formula is C12H21N2O9P. The van der Waals surface area contributed by atoms with Crippen LogP contribution in [0.1, 0.15) is 34.5 Å². The van der Waals surface area contributed by atoms with Crippen molar-refractivity contribution in [2.45, 2.75) is 26.4 Å². The molecule has 1 aromatic heterocycles. The van der Waals surface area contributed by atoms with Crippen molar-refractivity contribution in [1.82, 2.24) is 4.98 Å². The predicted molar refractivity (Wildman–Crippen MR) is 82.1 cm³/mol. The third-order valence-corrected chi connectivity index (χ3v) is 2.24. The number of aliphatic hydroxyl groups excluding tert-OH is 1. The molecule has 1 aromatic rings. The van der Waals surface area contributed by atoms with Gasteiger partial charge in [-0.15, -0.1) is 0 Å². The summed E-state index contributed by atoms with van der Waals surface area (Å²) in [5.74, 6) is -0.929. The molecule has 0 amide bonds. The summed E-state index contributed by atoms with van der Waals surface area (Å²) in [7, 11) is -4.64. The summed E-state index contributed by atoms with van der Waals surface area (Å²) in [6.07, 6.45) is 2.65. The smallest absolute Gasteiger partial charge is 0.466 e. The lowest BCUT2D eigenvalue weighted by Crippen LogP contribution is -2.02. The zero-order valence-corrected chi connectivity index (χ0v) is 13.8. The number of aliphatic hydroxyl groups is 1. The summed E-state index contributed by atoms with van der Waals surface area (Å²) in [6.45, 7) is 1.75. The Kier molecular flexibility index (Phi) is 12.7. The molecule has 0 aliphatic carbocycles. The van der Waals surface area contributed by atoms with Crippen LogP contribution in [0.25, 0.3) is 0 Å². The minimum atomic E-state index is -4.64. The Morgan fingerprint density at radius 1 is 1.38 bits per heavy atom. The maximum atomic E-state index is 10.5. The van der Waals surface area contributed by atoms with Gasteiger partial charge in [-0.25, -0.2) is 4.57 Å². The van der Waals surface area contributed by atoms with Crippen molar-refractivity contribution in [2.24, 2.45) is 5.73 Å². The minimum absolute atomic E-state index is 0.116. The normalized spacial score (nSPS) is 9.92. The maximum Gasteiger partial charge on any atom is 0.466 e. The second kappa shape index (κ2) is 12.5. The summed E-state index contributed by atoms with van der Waals surface area (Å²) in [4.78, 5) is 45.5. The second-order valence-electron chi connectivity index (χ2n) is 4.21. The number of aromatic nitrogens is 1. The van der Waals surface area contributed by atoms with E-state index in [0.29, 0.717) is 30.5 Å². The first kappa shape index (κ1) is 24.4. The molecule has 138 valence electrons. The first-order chi connectivity index (χ1) is 11.0. The van der Waals surface area contributed by atoms with Crippen LogP contribution in [0.5, 0.6) is 5.75 Å². The maximum absolute atomic E-state index is 10.5. The predicted octanol–water partition coefficient (Wildman–Crippen LogP) is -0.718. The van der Waals surface area contributed by atoms with Crippen LogP contribution >= 0.6 is 7.82 Å². The molecule has 0 aromatic carbocycles.